The lowest BCUT2D eigenvalue weighted by Crippen LogP contribution is -2.48. The van der Waals surface area contributed by atoms with E-state index in [4.69, 9.17) is 4.74 Å². The van der Waals surface area contributed by atoms with Crippen LogP contribution in [0.4, 0.5) is 0 Å². The van der Waals surface area contributed by atoms with Gasteiger partial charge >= 0.3 is 0 Å². The highest BCUT2D eigenvalue weighted by Gasteiger charge is 2.71. The van der Waals surface area contributed by atoms with Crippen molar-refractivity contribution in [2.24, 2.45) is 16.7 Å². The first-order valence-electron chi connectivity index (χ1n) is 8.67. The predicted molar refractivity (Wildman–Crippen MR) is 86.0 cm³/mol. The van der Waals surface area contributed by atoms with Crippen molar-refractivity contribution >= 4 is 0 Å². The molecule has 0 saturated heterocycles. The number of rotatable bonds is 1. The van der Waals surface area contributed by atoms with Gasteiger partial charge in [-0.05, 0) is 67.2 Å². The maximum Gasteiger partial charge on any atom is 0.119 e. The summed E-state index contributed by atoms with van der Waals surface area (Å²) in [6, 6.07) is 6.66. The van der Waals surface area contributed by atoms with E-state index < -0.39 is 0 Å². The topological polar surface area (TPSA) is 29.5 Å². The first kappa shape index (κ1) is 13.2. The third kappa shape index (κ3) is 1.32. The second-order valence-corrected chi connectivity index (χ2v) is 8.03. The van der Waals surface area contributed by atoms with Crippen molar-refractivity contribution in [1.29, 1.82) is 0 Å². The minimum Gasteiger partial charge on any atom is -0.497 e. The van der Waals surface area contributed by atoms with E-state index in [-0.39, 0.29) is 16.9 Å². The van der Waals surface area contributed by atoms with Crippen LogP contribution in [-0.2, 0) is 6.42 Å². The molecule has 5 atom stereocenters. The van der Waals surface area contributed by atoms with Crippen molar-refractivity contribution in [3.8, 4) is 5.75 Å². The van der Waals surface area contributed by atoms with Crippen LogP contribution in [0.5, 0.6) is 5.75 Å². The van der Waals surface area contributed by atoms with Crippen LogP contribution in [-0.4, -0.2) is 18.3 Å². The van der Waals surface area contributed by atoms with Gasteiger partial charge in [0.25, 0.3) is 0 Å². The zero-order valence-electron chi connectivity index (χ0n) is 13.4. The van der Waals surface area contributed by atoms with E-state index in [9.17, 15) is 5.11 Å². The van der Waals surface area contributed by atoms with Gasteiger partial charge in [-0.1, -0.05) is 24.6 Å². The van der Waals surface area contributed by atoms with Gasteiger partial charge < -0.3 is 9.84 Å². The van der Waals surface area contributed by atoms with Gasteiger partial charge in [-0.25, -0.2) is 0 Å². The lowest BCUT2D eigenvalue weighted by Gasteiger charge is -2.52. The van der Waals surface area contributed by atoms with Gasteiger partial charge in [0, 0.05) is 10.8 Å². The average molecular weight is 296 g/mol. The third-order valence-corrected chi connectivity index (χ3v) is 7.46. The number of aliphatic hydroxyl groups excluding tert-OH is 1. The molecule has 1 N–H and O–H groups in total. The van der Waals surface area contributed by atoms with E-state index >= 15 is 0 Å². The number of methoxy groups -OCH3 is 1. The second-order valence-electron chi connectivity index (χ2n) is 8.03. The summed E-state index contributed by atoms with van der Waals surface area (Å²) in [6.07, 6.45) is 8.11. The Morgan fingerprint density at radius 1 is 1.27 bits per heavy atom. The van der Waals surface area contributed by atoms with Crippen molar-refractivity contribution in [1.82, 2.24) is 0 Å². The lowest BCUT2D eigenvalue weighted by atomic mass is 9.51. The molecule has 0 heterocycles. The molecule has 2 saturated carbocycles. The second kappa shape index (κ2) is 3.97. The van der Waals surface area contributed by atoms with Gasteiger partial charge in [-0.15, -0.1) is 0 Å². The number of hydrogen-bond donors (Lipinski definition) is 1. The molecule has 5 rings (SSSR count). The van der Waals surface area contributed by atoms with Crippen molar-refractivity contribution in [3.63, 3.8) is 0 Å². The number of aliphatic hydroxyl groups is 1. The molecule has 4 aliphatic rings. The van der Waals surface area contributed by atoms with Crippen LogP contribution in [0.2, 0.25) is 0 Å². The maximum absolute atomic E-state index is 10.6. The van der Waals surface area contributed by atoms with Gasteiger partial charge in [-0.2, -0.15) is 0 Å². The molecule has 2 heteroatoms. The Hall–Kier alpha value is -1.28. The van der Waals surface area contributed by atoms with Gasteiger partial charge in [0.15, 0.2) is 0 Å². The summed E-state index contributed by atoms with van der Waals surface area (Å²) < 4.78 is 5.40. The first-order chi connectivity index (χ1) is 10.6. The number of fused-ring (bicyclic) bond motifs is 3. The quantitative estimate of drug-likeness (QED) is 0.798. The Balaban J connectivity index is 1.57. The highest BCUT2D eigenvalue weighted by Crippen LogP contribution is 2.77. The molecule has 116 valence electrons. The molecule has 0 bridgehead atoms. The SMILES string of the molecule is COc1ccc2c(c1)CC[C@@H]1[C@@H]2CC[C@]2(C)[C@H](O)CC3=CC312. The largest absolute Gasteiger partial charge is 0.497 e. The van der Waals surface area contributed by atoms with Crippen LogP contribution in [0.15, 0.2) is 29.8 Å². The molecule has 1 aromatic rings. The summed E-state index contributed by atoms with van der Waals surface area (Å²) in [5.74, 6) is 2.36. The van der Waals surface area contributed by atoms with Crippen LogP contribution >= 0.6 is 0 Å². The fourth-order valence-electron chi connectivity index (χ4n) is 6.22. The Bertz CT molecular complexity index is 691. The van der Waals surface area contributed by atoms with E-state index in [1.807, 2.05) is 0 Å². The zero-order chi connectivity index (χ0) is 15.1. The average Bonchev–Trinajstić information content (AvgIpc) is 3.19. The van der Waals surface area contributed by atoms with E-state index in [1.165, 1.54) is 18.4 Å². The number of benzene rings is 1. The van der Waals surface area contributed by atoms with Crippen LogP contribution in [0.25, 0.3) is 0 Å². The lowest BCUT2D eigenvalue weighted by molar-refractivity contribution is -0.0442. The van der Waals surface area contributed by atoms with Gasteiger partial charge in [0.05, 0.1) is 13.2 Å². The van der Waals surface area contributed by atoms with Gasteiger partial charge in [-0.3, -0.25) is 0 Å². The molecule has 1 unspecified atom stereocenters. The Kier molecular flexibility index (Phi) is 2.38. The van der Waals surface area contributed by atoms with E-state index in [1.54, 1.807) is 18.2 Å². The Morgan fingerprint density at radius 2 is 2.14 bits per heavy atom. The van der Waals surface area contributed by atoms with E-state index in [0.29, 0.717) is 11.8 Å². The molecule has 1 spiro atoms. The molecule has 0 amide bonds. The van der Waals surface area contributed by atoms with Crippen LogP contribution < -0.4 is 4.74 Å². The maximum atomic E-state index is 10.6. The first-order valence-corrected chi connectivity index (χ1v) is 8.67. The van der Waals surface area contributed by atoms with Gasteiger partial charge in [0.1, 0.15) is 5.75 Å². The highest BCUT2D eigenvalue weighted by molar-refractivity contribution is 5.53. The Morgan fingerprint density at radius 3 is 2.95 bits per heavy atom. The van der Waals surface area contributed by atoms with Crippen LogP contribution in [0.3, 0.4) is 0 Å². The summed E-state index contributed by atoms with van der Waals surface area (Å²) >= 11 is 0. The van der Waals surface area contributed by atoms with Crippen LogP contribution in [0.1, 0.15) is 49.7 Å². The number of ether oxygens (including phenoxy) is 1. The van der Waals surface area contributed by atoms with E-state index in [2.05, 4.69) is 31.2 Å². The molecule has 2 nitrogen and oxygen atoms in total. The molecule has 2 fully saturated rings. The molecular weight excluding hydrogens is 272 g/mol. The van der Waals surface area contributed by atoms with E-state index in [0.717, 1.165) is 25.0 Å². The molecule has 0 aromatic heterocycles. The minimum absolute atomic E-state index is 0.105. The number of hydrogen-bond acceptors (Lipinski definition) is 2. The van der Waals surface area contributed by atoms with Crippen molar-refractivity contribution in [2.75, 3.05) is 7.11 Å². The highest BCUT2D eigenvalue weighted by atomic mass is 16.5. The summed E-state index contributed by atoms with van der Waals surface area (Å²) in [5, 5.41) is 10.6. The van der Waals surface area contributed by atoms with Crippen LogP contribution in [0, 0.1) is 16.7 Å². The fourth-order valence-corrected chi connectivity index (χ4v) is 6.22. The monoisotopic (exact) mass is 296 g/mol. The number of allylic oxidation sites excluding steroid dienone is 1. The summed E-state index contributed by atoms with van der Waals surface area (Å²) in [5.41, 5.74) is 4.96. The Labute approximate surface area is 132 Å². The molecule has 4 aliphatic carbocycles. The predicted octanol–water partition coefficient (Wildman–Crippen LogP) is 3.83. The standard InChI is InChI=1S/C20H24O2/c1-19-8-7-16-15-5-4-14(22-2)9-12(15)3-6-17(16)20(19)11-13(20)10-18(19)21/h4-5,9,11,16-18,21H,3,6-8,10H2,1-2H3/t16-,17-,18-,19-,20?/m1/s1. The minimum atomic E-state index is -0.120. The van der Waals surface area contributed by atoms with Gasteiger partial charge in [0.2, 0.25) is 0 Å². The summed E-state index contributed by atoms with van der Waals surface area (Å²) in [7, 11) is 1.75. The molecule has 0 radical (unpaired) electrons. The van der Waals surface area contributed by atoms with Crippen molar-refractivity contribution in [2.45, 2.75) is 51.0 Å². The summed E-state index contributed by atoms with van der Waals surface area (Å²) in [6.45, 7) is 2.34. The molecule has 1 aromatic carbocycles. The molecule has 0 aliphatic heterocycles. The molecule has 22 heavy (non-hydrogen) atoms. The zero-order valence-corrected chi connectivity index (χ0v) is 13.4. The van der Waals surface area contributed by atoms with Crippen molar-refractivity contribution < 1.29 is 9.84 Å². The smallest absolute Gasteiger partial charge is 0.119 e. The summed E-state index contributed by atoms with van der Waals surface area (Å²) in [4.78, 5) is 0. The normalized spacial score (nSPS) is 44.3. The third-order valence-electron chi connectivity index (χ3n) is 7.46. The molecular formula is C20H24O2. The van der Waals surface area contributed by atoms with Crippen molar-refractivity contribution in [3.05, 3.63) is 41.0 Å². The fraction of sp³-hybridized carbons (Fsp3) is 0.600. The number of aryl methyl sites for hydroxylation is 1.